The van der Waals surface area contributed by atoms with E-state index >= 15 is 0 Å². The molecule has 0 aromatic heterocycles. The third-order valence-electron chi connectivity index (χ3n) is 6.59. The van der Waals surface area contributed by atoms with Crippen molar-refractivity contribution < 1.29 is 19.1 Å². The fourth-order valence-corrected chi connectivity index (χ4v) is 5.64. The first-order valence-electron chi connectivity index (χ1n) is 9.70. The minimum Gasteiger partial charge on any atom is -0.462 e. The van der Waals surface area contributed by atoms with Gasteiger partial charge in [-0.2, -0.15) is 0 Å². The van der Waals surface area contributed by atoms with E-state index in [1.54, 1.807) is 6.92 Å². The van der Waals surface area contributed by atoms with Gasteiger partial charge in [0.2, 0.25) is 0 Å². The van der Waals surface area contributed by atoms with Gasteiger partial charge in [0.15, 0.2) is 11.2 Å². The summed E-state index contributed by atoms with van der Waals surface area (Å²) >= 11 is 0. The molecule has 4 atom stereocenters. The van der Waals surface area contributed by atoms with Crippen molar-refractivity contribution in [3.63, 3.8) is 0 Å². The second-order valence-corrected chi connectivity index (χ2v) is 7.78. The Balaban J connectivity index is 1.65. The summed E-state index contributed by atoms with van der Waals surface area (Å²) in [7, 11) is 0. The molecule has 4 nitrogen and oxygen atoms in total. The fourth-order valence-electron chi connectivity index (χ4n) is 5.64. The van der Waals surface area contributed by atoms with Crippen LogP contribution in [0.3, 0.4) is 0 Å². The van der Waals surface area contributed by atoms with E-state index in [0.717, 1.165) is 0 Å². The molecular weight excluding hydrogens is 352 g/mol. The van der Waals surface area contributed by atoms with Crippen LogP contribution in [0, 0.1) is 5.92 Å². The van der Waals surface area contributed by atoms with Gasteiger partial charge < -0.3 is 9.47 Å². The van der Waals surface area contributed by atoms with Crippen LogP contribution in [0.2, 0.25) is 0 Å². The lowest BCUT2D eigenvalue weighted by Gasteiger charge is -2.40. The standard InChI is InChI=1S/C24H18O4/c1-2-27-22(25)20-17-10-9-14-11-12-24(17,28-23(20)26)21-16-8-4-6-13-5-3-7-15(18(13)16)19(14)21/h3-12,14,19,21H,2H2,1H3/t14-,19-,21+,24+/m0/s1. The molecule has 0 saturated carbocycles. The number of ether oxygens (including phenoxy) is 2. The molecule has 28 heavy (non-hydrogen) atoms. The van der Waals surface area contributed by atoms with Gasteiger partial charge in [-0.1, -0.05) is 54.6 Å². The molecule has 0 fully saturated rings. The Labute approximate surface area is 162 Å². The molecule has 2 aromatic rings. The monoisotopic (exact) mass is 370 g/mol. The zero-order chi connectivity index (χ0) is 19.0. The highest BCUT2D eigenvalue weighted by Gasteiger charge is 2.61. The Morgan fingerprint density at radius 1 is 1.14 bits per heavy atom. The van der Waals surface area contributed by atoms with Crippen LogP contribution >= 0.6 is 0 Å². The summed E-state index contributed by atoms with van der Waals surface area (Å²) in [6.07, 6.45) is 8.12. The van der Waals surface area contributed by atoms with E-state index in [1.165, 1.54) is 21.9 Å². The van der Waals surface area contributed by atoms with Gasteiger partial charge in [0, 0.05) is 23.3 Å². The second kappa shape index (κ2) is 5.22. The molecule has 1 aliphatic heterocycles. The van der Waals surface area contributed by atoms with Gasteiger partial charge in [-0.25, -0.2) is 9.59 Å². The molecule has 0 radical (unpaired) electrons. The molecule has 1 heterocycles. The van der Waals surface area contributed by atoms with Gasteiger partial charge in [-0.15, -0.1) is 0 Å². The number of carbonyl (C=O) groups excluding carboxylic acids is 2. The Morgan fingerprint density at radius 2 is 1.93 bits per heavy atom. The maximum absolute atomic E-state index is 12.8. The zero-order valence-corrected chi connectivity index (χ0v) is 15.3. The van der Waals surface area contributed by atoms with Crippen molar-refractivity contribution in [1.82, 2.24) is 0 Å². The Hall–Kier alpha value is -3.14. The molecular formula is C24H18O4. The highest BCUT2D eigenvalue weighted by Crippen LogP contribution is 2.63. The molecule has 1 spiro atoms. The molecule has 4 aliphatic carbocycles. The molecule has 0 amide bonds. The van der Waals surface area contributed by atoms with Gasteiger partial charge in [-0.3, -0.25) is 0 Å². The van der Waals surface area contributed by atoms with Crippen LogP contribution in [0.4, 0.5) is 0 Å². The van der Waals surface area contributed by atoms with Gasteiger partial charge in [0.25, 0.3) is 0 Å². The quantitative estimate of drug-likeness (QED) is 0.457. The number of esters is 2. The van der Waals surface area contributed by atoms with Crippen LogP contribution in [-0.2, 0) is 19.1 Å². The largest absolute Gasteiger partial charge is 0.462 e. The molecule has 5 aliphatic rings. The van der Waals surface area contributed by atoms with Gasteiger partial charge >= 0.3 is 11.9 Å². The lowest BCUT2D eigenvalue weighted by molar-refractivity contribution is -0.149. The van der Waals surface area contributed by atoms with Gasteiger partial charge in [0.1, 0.15) is 0 Å². The minimum atomic E-state index is -0.958. The van der Waals surface area contributed by atoms with Crippen molar-refractivity contribution in [3.05, 3.63) is 83.0 Å². The number of allylic oxidation sites excluding steroid dienone is 2. The summed E-state index contributed by atoms with van der Waals surface area (Å²) in [6.45, 7) is 1.95. The van der Waals surface area contributed by atoms with E-state index < -0.39 is 17.5 Å². The van der Waals surface area contributed by atoms with E-state index in [0.29, 0.717) is 5.57 Å². The predicted octanol–water partition coefficient (Wildman–Crippen LogP) is 3.93. The number of hydrogen-bond donors (Lipinski definition) is 0. The van der Waals surface area contributed by atoms with E-state index in [1.807, 2.05) is 12.2 Å². The molecule has 2 aromatic carbocycles. The topological polar surface area (TPSA) is 52.6 Å². The molecule has 7 rings (SSSR count). The van der Waals surface area contributed by atoms with Crippen LogP contribution in [-0.4, -0.2) is 24.1 Å². The van der Waals surface area contributed by atoms with Crippen LogP contribution in [0.25, 0.3) is 10.8 Å². The van der Waals surface area contributed by atoms with Crippen molar-refractivity contribution in [3.8, 4) is 0 Å². The molecule has 0 N–H and O–H groups in total. The van der Waals surface area contributed by atoms with Crippen molar-refractivity contribution in [2.75, 3.05) is 6.61 Å². The van der Waals surface area contributed by atoms with Crippen molar-refractivity contribution in [2.24, 2.45) is 5.92 Å². The van der Waals surface area contributed by atoms with Crippen LogP contribution < -0.4 is 0 Å². The van der Waals surface area contributed by atoms with E-state index in [-0.39, 0.29) is 29.9 Å². The summed E-state index contributed by atoms with van der Waals surface area (Å²) in [6, 6.07) is 12.7. The van der Waals surface area contributed by atoms with Crippen LogP contribution in [0.1, 0.15) is 29.9 Å². The summed E-state index contributed by atoms with van der Waals surface area (Å²) < 4.78 is 11.2. The minimum absolute atomic E-state index is 0.0344. The average molecular weight is 370 g/mol. The number of hydrogen-bond acceptors (Lipinski definition) is 4. The molecule has 0 saturated heterocycles. The highest BCUT2D eigenvalue weighted by atomic mass is 16.6. The first-order chi connectivity index (χ1) is 13.7. The molecule has 2 bridgehead atoms. The third-order valence-corrected chi connectivity index (χ3v) is 6.59. The Morgan fingerprint density at radius 3 is 2.71 bits per heavy atom. The normalized spacial score (nSPS) is 31.0. The summed E-state index contributed by atoms with van der Waals surface area (Å²) in [4.78, 5) is 25.4. The maximum atomic E-state index is 12.8. The van der Waals surface area contributed by atoms with Gasteiger partial charge in [-0.05, 0) is 34.9 Å². The Bertz CT molecular complexity index is 1160. The highest BCUT2D eigenvalue weighted by molar-refractivity contribution is 6.17. The number of carbonyl (C=O) groups is 2. The maximum Gasteiger partial charge on any atom is 0.347 e. The molecule has 4 heteroatoms. The van der Waals surface area contributed by atoms with Crippen LogP contribution in [0.15, 0.2) is 71.8 Å². The summed E-state index contributed by atoms with van der Waals surface area (Å²) in [5.41, 5.74) is 2.19. The number of rotatable bonds is 2. The first kappa shape index (κ1) is 15.9. The first-order valence-corrected chi connectivity index (χ1v) is 9.70. The smallest absolute Gasteiger partial charge is 0.347 e. The van der Waals surface area contributed by atoms with Crippen LogP contribution in [0.5, 0.6) is 0 Å². The third kappa shape index (κ3) is 1.71. The lowest BCUT2D eigenvalue weighted by atomic mass is 9.66. The lowest BCUT2D eigenvalue weighted by Crippen LogP contribution is -2.41. The zero-order valence-electron chi connectivity index (χ0n) is 15.3. The average Bonchev–Trinajstić information content (AvgIpc) is 3.06. The fraction of sp³-hybridized carbons (Fsp3) is 0.250. The van der Waals surface area contributed by atoms with E-state index in [9.17, 15) is 9.59 Å². The van der Waals surface area contributed by atoms with Crippen molar-refractivity contribution in [2.45, 2.75) is 24.4 Å². The van der Waals surface area contributed by atoms with Crippen molar-refractivity contribution >= 4 is 22.7 Å². The SMILES string of the molecule is CCOC(=O)C1=C2C=C[C@H]3C=C[C@]2(OC1=O)[C@@H]1c2cccc4cccc(c24)[C@H]31. The predicted molar refractivity (Wildman–Crippen MR) is 104 cm³/mol. The summed E-state index contributed by atoms with van der Waals surface area (Å²) in [5, 5.41) is 2.45. The van der Waals surface area contributed by atoms with E-state index in [2.05, 4.69) is 48.6 Å². The van der Waals surface area contributed by atoms with Gasteiger partial charge in [0.05, 0.1) is 6.61 Å². The molecule has 138 valence electrons. The molecule has 0 unspecified atom stereocenters. The second-order valence-electron chi connectivity index (χ2n) is 7.78. The van der Waals surface area contributed by atoms with E-state index in [4.69, 9.17) is 9.47 Å². The summed E-state index contributed by atoms with van der Waals surface area (Å²) in [5.74, 6) is -0.884. The van der Waals surface area contributed by atoms with Crippen molar-refractivity contribution in [1.29, 1.82) is 0 Å². The Kier molecular flexibility index (Phi) is 2.96. The number of benzene rings is 2.